The van der Waals surface area contributed by atoms with Crippen LogP contribution in [0.1, 0.15) is 21.5 Å². The minimum Gasteiger partial charge on any atom is -0.486 e. The Kier molecular flexibility index (Phi) is 3.92. The fourth-order valence-corrected chi connectivity index (χ4v) is 2.21. The molecule has 5 heteroatoms. The highest BCUT2D eigenvalue weighted by Crippen LogP contribution is 2.30. The topological polar surface area (TPSA) is 71.4 Å². The molecule has 0 saturated carbocycles. The number of carbonyl (C=O) groups is 1. The molecule has 5 nitrogen and oxygen atoms in total. The van der Waals surface area contributed by atoms with Gasteiger partial charge in [0.05, 0.1) is 11.6 Å². The van der Waals surface area contributed by atoms with E-state index in [2.05, 4.69) is 5.32 Å². The summed E-state index contributed by atoms with van der Waals surface area (Å²) in [4.78, 5) is 12.1. The van der Waals surface area contributed by atoms with Crippen molar-refractivity contribution in [3.63, 3.8) is 0 Å². The van der Waals surface area contributed by atoms with Gasteiger partial charge in [-0.15, -0.1) is 0 Å². The average Bonchev–Trinajstić information content (AvgIpc) is 2.59. The molecular formula is C17H14N2O3. The summed E-state index contributed by atoms with van der Waals surface area (Å²) < 4.78 is 11.0. The van der Waals surface area contributed by atoms with Crippen LogP contribution in [0.3, 0.4) is 0 Å². The van der Waals surface area contributed by atoms with Crippen LogP contribution in [0, 0.1) is 11.3 Å². The fourth-order valence-electron chi connectivity index (χ4n) is 2.21. The number of ether oxygens (including phenoxy) is 2. The van der Waals surface area contributed by atoms with Crippen LogP contribution in [-0.4, -0.2) is 19.1 Å². The zero-order valence-electron chi connectivity index (χ0n) is 11.8. The van der Waals surface area contributed by atoms with E-state index in [1.165, 1.54) is 0 Å². The van der Waals surface area contributed by atoms with Gasteiger partial charge < -0.3 is 14.8 Å². The number of nitrogens with one attached hydrogen (secondary N) is 1. The molecule has 0 unspecified atom stereocenters. The molecule has 3 rings (SSSR count). The lowest BCUT2D eigenvalue weighted by molar-refractivity contribution is 0.0950. The first-order chi connectivity index (χ1) is 10.8. The molecule has 1 aliphatic rings. The molecule has 0 saturated heterocycles. The summed E-state index contributed by atoms with van der Waals surface area (Å²) in [6, 6.07) is 14.2. The monoisotopic (exact) mass is 294 g/mol. The second-order valence-electron chi connectivity index (χ2n) is 4.85. The molecule has 2 aromatic rings. The van der Waals surface area contributed by atoms with Gasteiger partial charge in [0.15, 0.2) is 11.5 Å². The Morgan fingerprint density at radius 3 is 2.77 bits per heavy atom. The number of carbonyl (C=O) groups excluding carboxylic acids is 1. The van der Waals surface area contributed by atoms with Gasteiger partial charge in [-0.2, -0.15) is 5.26 Å². The lowest BCUT2D eigenvalue weighted by Gasteiger charge is -2.19. The van der Waals surface area contributed by atoms with Crippen LogP contribution >= 0.6 is 0 Å². The molecule has 0 radical (unpaired) electrons. The van der Waals surface area contributed by atoms with E-state index in [0.29, 0.717) is 36.6 Å². The summed E-state index contributed by atoms with van der Waals surface area (Å²) in [7, 11) is 0. The molecule has 1 heterocycles. The summed E-state index contributed by atoms with van der Waals surface area (Å²) in [6.07, 6.45) is 0. The van der Waals surface area contributed by atoms with E-state index >= 15 is 0 Å². The second kappa shape index (κ2) is 6.19. The minimum atomic E-state index is -0.216. The molecule has 0 fully saturated rings. The molecule has 1 aliphatic heterocycles. The summed E-state index contributed by atoms with van der Waals surface area (Å²) in [5.74, 6) is 1.21. The Bertz CT molecular complexity index is 750. The molecule has 0 aromatic heterocycles. The molecule has 1 N–H and O–H groups in total. The molecule has 0 spiro atoms. The standard InChI is InChI=1S/C17H14N2O3/c18-10-12-2-1-3-14(8-12)17(20)19-11-13-4-5-15-16(9-13)22-7-6-21-15/h1-5,8-9H,6-7,11H2,(H,19,20). The second-order valence-corrected chi connectivity index (χ2v) is 4.85. The predicted molar refractivity (Wildman–Crippen MR) is 79.8 cm³/mol. The summed E-state index contributed by atoms with van der Waals surface area (Å²) >= 11 is 0. The van der Waals surface area contributed by atoms with Crippen molar-refractivity contribution in [2.24, 2.45) is 0 Å². The van der Waals surface area contributed by atoms with E-state index in [9.17, 15) is 4.79 Å². The minimum absolute atomic E-state index is 0.216. The lowest BCUT2D eigenvalue weighted by atomic mass is 10.1. The number of amides is 1. The Morgan fingerprint density at radius 2 is 1.95 bits per heavy atom. The van der Waals surface area contributed by atoms with Crippen LogP contribution in [0.25, 0.3) is 0 Å². The number of hydrogen-bond donors (Lipinski definition) is 1. The number of fused-ring (bicyclic) bond motifs is 1. The fraction of sp³-hybridized carbons (Fsp3) is 0.176. The Hall–Kier alpha value is -3.00. The first kappa shape index (κ1) is 14.0. The highest BCUT2D eigenvalue weighted by atomic mass is 16.6. The van der Waals surface area contributed by atoms with Crippen LogP contribution in [-0.2, 0) is 6.54 Å². The van der Waals surface area contributed by atoms with E-state index in [4.69, 9.17) is 14.7 Å². The number of nitriles is 1. The van der Waals surface area contributed by atoms with Gasteiger partial charge in [0.1, 0.15) is 13.2 Å². The van der Waals surface area contributed by atoms with Gasteiger partial charge in [-0.25, -0.2) is 0 Å². The quantitative estimate of drug-likeness (QED) is 0.942. The zero-order chi connectivity index (χ0) is 15.4. The highest BCUT2D eigenvalue weighted by molar-refractivity contribution is 5.94. The molecule has 22 heavy (non-hydrogen) atoms. The van der Waals surface area contributed by atoms with Crippen molar-refractivity contribution in [3.8, 4) is 17.6 Å². The van der Waals surface area contributed by atoms with E-state index in [0.717, 1.165) is 11.3 Å². The van der Waals surface area contributed by atoms with E-state index in [-0.39, 0.29) is 5.91 Å². The van der Waals surface area contributed by atoms with Gasteiger partial charge in [0.25, 0.3) is 5.91 Å². The molecule has 0 bridgehead atoms. The van der Waals surface area contributed by atoms with Gasteiger partial charge >= 0.3 is 0 Å². The van der Waals surface area contributed by atoms with E-state index in [1.54, 1.807) is 24.3 Å². The zero-order valence-corrected chi connectivity index (χ0v) is 11.8. The van der Waals surface area contributed by atoms with Gasteiger partial charge in [-0.1, -0.05) is 12.1 Å². The van der Waals surface area contributed by atoms with E-state index < -0.39 is 0 Å². The van der Waals surface area contributed by atoms with Crippen molar-refractivity contribution in [2.45, 2.75) is 6.54 Å². The highest BCUT2D eigenvalue weighted by Gasteiger charge is 2.12. The SMILES string of the molecule is N#Cc1cccc(C(=O)NCc2ccc3c(c2)OCCO3)c1. The molecule has 0 atom stereocenters. The van der Waals surface area contributed by atoms with Crippen LogP contribution < -0.4 is 14.8 Å². The summed E-state index contributed by atoms with van der Waals surface area (Å²) in [5.41, 5.74) is 1.86. The molecule has 1 amide bonds. The number of hydrogen-bond acceptors (Lipinski definition) is 4. The van der Waals surface area contributed by atoms with Crippen molar-refractivity contribution >= 4 is 5.91 Å². The van der Waals surface area contributed by atoms with Crippen LogP contribution in [0.15, 0.2) is 42.5 Å². The van der Waals surface area contributed by atoms with Crippen molar-refractivity contribution in [1.29, 1.82) is 5.26 Å². The Balaban J connectivity index is 1.67. The van der Waals surface area contributed by atoms with Crippen LogP contribution in [0.4, 0.5) is 0 Å². The normalized spacial score (nSPS) is 12.3. The number of nitrogens with zero attached hydrogens (tertiary/aromatic N) is 1. The van der Waals surface area contributed by atoms with Crippen molar-refractivity contribution in [1.82, 2.24) is 5.32 Å². The van der Waals surface area contributed by atoms with Crippen molar-refractivity contribution in [3.05, 3.63) is 59.2 Å². The van der Waals surface area contributed by atoms with Gasteiger partial charge in [-0.3, -0.25) is 4.79 Å². The average molecular weight is 294 g/mol. The number of rotatable bonds is 3. The first-order valence-corrected chi connectivity index (χ1v) is 6.93. The predicted octanol–water partition coefficient (Wildman–Crippen LogP) is 2.26. The first-order valence-electron chi connectivity index (χ1n) is 6.93. The van der Waals surface area contributed by atoms with Crippen molar-refractivity contribution < 1.29 is 14.3 Å². The third kappa shape index (κ3) is 3.01. The Labute approximate surface area is 128 Å². The van der Waals surface area contributed by atoms with E-state index in [1.807, 2.05) is 24.3 Å². The maximum Gasteiger partial charge on any atom is 0.251 e. The maximum absolute atomic E-state index is 12.1. The third-order valence-electron chi connectivity index (χ3n) is 3.31. The van der Waals surface area contributed by atoms with Gasteiger partial charge in [0.2, 0.25) is 0 Å². The molecule has 0 aliphatic carbocycles. The maximum atomic E-state index is 12.1. The van der Waals surface area contributed by atoms with Gasteiger partial charge in [-0.05, 0) is 35.9 Å². The van der Waals surface area contributed by atoms with Gasteiger partial charge in [0, 0.05) is 12.1 Å². The number of benzene rings is 2. The smallest absolute Gasteiger partial charge is 0.251 e. The summed E-state index contributed by atoms with van der Waals surface area (Å²) in [6.45, 7) is 1.47. The molecule has 110 valence electrons. The Morgan fingerprint density at radius 1 is 1.14 bits per heavy atom. The lowest BCUT2D eigenvalue weighted by Crippen LogP contribution is -2.23. The molecular weight excluding hydrogens is 280 g/mol. The largest absolute Gasteiger partial charge is 0.486 e. The third-order valence-corrected chi connectivity index (χ3v) is 3.31. The summed E-state index contributed by atoms with van der Waals surface area (Å²) in [5, 5.41) is 11.7. The van der Waals surface area contributed by atoms with Crippen molar-refractivity contribution in [2.75, 3.05) is 13.2 Å². The van der Waals surface area contributed by atoms with Crippen LogP contribution in [0.2, 0.25) is 0 Å². The van der Waals surface area contributed by atoms with Crippen LogP contribution in [0.5, 0.6) is 11.5 Å². The molecule has 2 aromatic carbocycles.